The predicted molar refractivity (Wildman–Crippen MR) is 151 cm³/mol. The molecule has 2 aromatic carbocycles. The molecule has 2 aliphatic rings. The number of aromatic nitrogens is 1. The Morgan fingerprint density at radius 3 is 2.54 bits per heavy atom. The van der Waals surface area contributed by atoms with Gasteiger partial charge in [0.15, 0.2) is 22.9 Å². The lowest BCUT2D eigenvalue weighted by molar-refractivity contribution is -0.145. The number of rotatable bonds is 10. The molecule has 3 heterocycles. The summed E-state index contributed by atoms with van der Waals surface area (Å²) in [5.74, 6) is 0.704. The first-order chi connectivity index (χ1) is 19.9. The van der Waals surface area contributed by atoms with Crippen molar-refractivity contribution in [2.24, 2.45) is 4.99 Å². The summed E-state index contributed by atoms with van der Waals surface area (Å²) in [7, 11) is 0. The molecular formula is C30H30N2O8S. The van der Waals surface area contributed by atoms with Crippen LogP contribution in [0.4, 0.5) is 0 Å². The number of carbonyl (C=O) groups is 2. The number of thiazole rings is 1. The van der Waals surface area contributed by atoms with E-state index in [0.717, 1.165) is 12.0 Å². The molecule has 1 aromatic heterocycles. The zero-order valence-electron chi connectivity index (χ0n) is 23.0. The van der Waals surface area contributed by atoms with E-state index in [9.17, 15) is 14.4 Å². The highest BCUT2D eigenvalue weighted by molar-refractivity contribution is 7.07. The molecular weight excluding hydrogens is 548 g/mol. The Morgan fingerprint density at radius 2 is 1.80 bits per heavy atom. The van der Waals surface area contributed by atoms with Crippen LogP contribution in [0, 0.1) is 0 Å². The summed E-state index contributed by atoms with van der Waals surface area (Å²) in [6, 6.07) is 11.7. The number of nitrogens with zero attached hydrogens (tertiary/aromatic N) is 2. The number of hydrogen-bond donors (Lipinski definition) is 0. The van der Waals surface area contributed by atoms with E-state index in [-0.39, 0.29) is 32.2 Å². The largest absolute Gasteiger partial charge is 0.482 e. The fraction of sp³-hybridized carbons (Fsp3) is 0.333. The average Bonchev–Trinajstić information content (AvgIpc) is 3.56. The highest BCUT2D eigenvalue weighted by Gasteiger charge is 2.35. The summed E-state index contributed by atoms with van der Waals surface area (Å²) in [6.45, 7) is 5.89. The van der Waals surface area contributed by atoms with Gasteiger partial charge in [-0.3, -0.25) is 9.36 Å². The van der Waals surface area contributed by atoms with Crippen molar-refractivity contribution in [3.63, 3.8) is 0 Å². The zero-order valence-corrected chi connectivity index (χ0v) is 23.8. The van der Waals surface area contributed by atoms with Crippen molar-refractivity contribution in [2.75, 3.05) is 26.6 Å². The number of ether oxygens (including phenoxy) is 5. The van der Waals surface area contributed by atoms with Gasteiger partial charge >= 0.3 is 11.9 Å². The van der Waals surface area contributed by atoms with Crippen LogP contribution in [0.25, 0.3) is 6.08 Å². The van der Waals surface area contributed by atoms with Gasteiger partial charge in [0, 0.05) is 0 Å². The highest BCUT2D eigenvalue weighted by atomic mass is 32.1. The van der Waals surface area contributed by atoms with Crippen molar-refractivity contribution in [3.05, 3.63) is 84.5 Å². The van der Waals surface area contributed by atoms with E-state index >= 15 is 0 Å². The Kier molecular flexibility index (Phi) is 8.53. The van der Waals surface area contributed by atoms with E-state index < -0.39 is 18.0 Å². The Morgan fingerprint density at radius 1 is 1.05 bits per heavy atom. The van der Waals surface area contributed by atoms with Gasteiger partial charge in [0.2, 0.25) is 6.79 Å². The molecule has 0 radical (unpaired) electrons. The SMILES string of the molecule is CCCC1=C(C(=O)OCC)[C@H](c2ccc3c(c2)OCO3)n2c(s/c(=C\c3ccc(OCC(=O)OCC)cc3)c2=O)=N1. The first kappa shape index (κ1) is 28.2. The maximum absolute atomic E-state index is 13.9. The molecule has 41 heavy (non-hydrogen) atoms. The molecule has 0 saturated carbocycles. The van der Waals surface area contributed by atoms with Crippen LogP contribution in [-0.2, 0) is 19.1 Å². The number of hydrogen-bond acceptors (Lipinski definition) is 10. The summed E-state index contributed by atoms with van der Waals surface area (Å²) >= 11 is 1.25. The number of allylic oxidation sites excluding steroid dienone is 1. The normalized spacial score (nSPS) is 15.8. The van der Waals surface area contributed by atoms with Crippen LogP contribution in [0.5, 0.6) is 17.2 Å². The molecule has 0 unspecified atom stereocenters. The lowest BCUT2D eigenvalue weighted by Gasteiger charge is -2.25. The molecule has 214 valence electrons. The lowest BCUT2D eigenvalue weighted by atomic mass is 9.94. The summed E-state index contributed by atoms with van der Waals surface area (Å²) in [5, 5.41) is 0. The van der Waals surface area contributed by atoms with Gasteiger partial charge in [0.05, 0.1) is 35.1 Å². The molecule has 10 nitrogen and oxygen atoms in total. The van der Waals surface area contributed by atoms with Gasteiger partial charge in [-0.25, -0.2) is 14.6 Å². The second-order valence-electron chi connectivity index (χ2n) is 9.19. The Hall–Kier alpha value is -4.38. The van der Waals surface area contributed by atoms with Crippen LogP contribution in [0.1, 0.15) is 50.8 Å². The average molecular weight is 579 g/mol. The quantitative estimate of drug-likeness (QED) is 0.337. The first-order valence-corrected chi connectivity index (χ1v) is 14.2. The van der Waals surface area contributed by atoms with Crippen LogP contribution in [-0.4, -0.2) is 43.1 Å². The molecule has 2 aliphatic heterocycles. The van der Waals surface area contributed by atoms with Gasteiger partial charge in [-0.1, -0.05) is 42.9 Å². The minimum atomic E-state index is -0.748. The van der Waals surface area contributed by atoms with Gasteiger partial charge in [0.1, 0.15) is 5.75 Å². The van der Waals surface area contributed by atoms with Gasteiger partial charge in [-0.05, 0) is 61.7 Å². The van der Waals surface area contributed by atoms with Crippen molar-refractivity contribution in [3.8, 4) is 17.2 Å². The van der Waals surface area contributed by atoms with Crippen molar-refractivity contribution in [1.29, 1.82) is 0 Å². The molecule has 0 fully saturated rings. The minimum Gasteiger partial charge on any atom is -0.482 e. The van der Waals surface area contributed by atoms with E-state index in [0.29, 0.717) is 49.8 Å². The third kappa shape index (κ3) is 5.90. The number of benzene rings is 2. The standard InChI is InChI=1S/C30H30N2O8S/c1-4-7-21-26(29(35)37-6-3)27(19-10-13-22-23(15-19)40-17-39-22)32-28(34)24(41-30(32)31-21)14-18-8-11-20(12-9-18)38-16-25(33)36-5-2/h8-15,27H,4-7,16-17H2,1-3H3/b24-14-/t27-/m0/s1. The molecule has 3 aromatic rings. The third-order valence-corrected chi connectivity index (χ3v) is 7.43. The molecule has 0 N–H and O–H groups in total. The molecule has 0 saturated heterocycles. The summed E-state index contributed by atoms with van der Waals surface area (Å²) in [4.78, 5) is 44.1. The number of fused-ring (bicyclic) bond motifs is 2. The summed E-state index contributed by atoms with van der Waals surface area (Å²) in [6.07, 6.45) is 3.07. The highest BCUT2D eigenvalue weighted by Crippen LogP contribution is 2.38. The van der Waals surface area contributed by atoms with Crippen LogP contribution in [0.3, 0.4) is 0 Å². The molecule has 0 aliphatic carbocycles. The summed E-state index contributed by atoms with van der Waals surface area (Å²) in [5.41, 5.74) is 2.11. The monoisotopic (exact) mass is 578 g/mol. The van der Waals surface area contributed by atoms with Crippen LogP contribution in [0.15, 0.2) is 63.5 Å². The molecule has 0 amide bonds. The fourth-order valence-corrected chi connectivity index (χ4v) is 5.70. The zero-order chi connectivity index (χ0) is 28.9. The number of esters is 2. The predicted octanol–water partition coefficient (Wildman–Crippen LogP) is 3.25. The molecule has 11 heteroatoms. The Bertz CT molecular complexity index is 1670. The van der Waals surface area contributed by atoms with Crippen LogP contribution < -0.4 is 29.1 Å². The second kappa shape index (κ2) is 12.4. The maximum Gasteiger partial charge on any atom is 0.344 e. The van der Waals surface area contributed by atoms with Crippen LogP contribution in [0.2, 0.25) is 0 Å². The van der Waals surface area contributed by atoms with E-state index in [2.05, 4.69) is 0 Å². The number of carbonyl (C=O) groups excluding carboxylic acids is 2. The third-order valence-electron chi connectivity index (χ3n) is 6.44. The van der Waals surface area contributed by atoms with Gasteiger partial charge in [-0.15, -0.1) is 0 Å². The maximum atomic E-state index is 13.9. The van der Waals surface area contributed by atoms with Crippen LogP contribution >= 0.6 is 11.3 Å². The van der Waals surface area contributed by atoms with Gasteiger partial charge < -0.3 is 23.7 Å². The second-order valence-corrected chi connectivity index (χ2v) is 10.2. The topological polar surface area (TPSA) is 115 Å². The molecule has 0 spiro atoms. The van der Waals surface area contributed by atoms with Crippen molar-refractivity contribution in [1.82, 2.24) is 4.57 Å². The lowest BCUT2D eigenvalue weighted by Crippen LogP contribution is -2.40. The summed E-state index contributed by atoms with van der Waals surface area (Å²) < 4.78 is 28.9. The Balaban J connectivity index is 1.57. The molecule has 1 atom stereocenters. The van der Waals surface area contributed by atoms with Crippen molar-refractivity contribution >= 4 is 29.4 Å². The fourth-order valence-electron chi connectivity index (χ4n) is 4.68. The Labute approximate surface area is 240 Å². The first-order valence-electron chi connectivity index (χ1n) is 13.4. The van der Waals surface area contributed by atoms with E-state index in [1.165, 1.54) is 11.3 Å². The van der Waals surface area contributed by atoms with E-state index in [1.807, 2.05) is 13.0 Å². The van der Waals surface area contributed by atoms with E-state index in [1.54, 1.807) is 60.9 Å². The van der Waals surface area contributed by atoms with Crippen molar-refractivity contribution in [2.45, 2.75) is 39.7 Å². The minimum absolute atomic E-state index is 0.107. The van der Waals surface area contributed by atoms with E-state index in [4.69, 9.17) is 28.7 Å². The molecule has 0 bridgehead atoms. The van der Waals surface area contributed by atoms with Gasteiger partial charge in [-0.2, -0.15) is 0 Å². The molecule has 5 rings (SSSR count). The smallest absolute Gasteiger partial charge is 0.344 e. The van der Waals surface area contributed by atoms with Gasteiger partial charge in [0.25, 0.3) is 5.56 Å². The van der Waals surface area contributed by atoms with Crippen molar-refractivity contribution < 1.29 is 33.3 Å².